The molecule has 0 saturated carbocycles. The van der Waals surface area contributed by atoms with Gasteiger partial charge in [0.05, 0.1) is 11.2 Å². The van der Waals surface area contributed by atoms with Gasteiger partial charge in [-0.3, -0.25) is 0 Å². The van der Waals surface area contributed by atoms with E-state index in [0.717, 1.165) is 18.7 Å². The van der Waals surface area contributed by atoms with E-state index < -0.39 is 0 Å². The van der Waals surface area contributed by atoms with Crippen LogP contribution in [0.4, 0.5) is 0 Å². The summed E-state index contributed by atoms with van der Waals surface area (Å²) in [5, 5.41) is 1.27. The molecule has 4 heteroatoms. The minimum atomic E-state index is 0.590. The zero-order chi connectivity index (χ0) is 13.2. The highest BCUT2D eigenvalue weighted by molar-refractivity contribution is 7.09. The van der Waals surface area contributed by atoms with Crippen molar-refractivity contribution in [2.45, 2.75) is 26.4 Å². The highest BCUT2D eigenvalue weighted by Crippen LogP contribution is 2.22. The molecule has 0 aliphatic carbocycles. The Bertz CT molecular complexity index is 696. The lowest BCUT2D eigenvalue weighted by atomic mass is 10.2. The number of para-hydroxylation sites is 1. The molecule has 0 saturated heterocycles. The SMILES string of the molecule is Cc1ncsc1CCn1cc(CN)c2ccccc21. The lowest BCUT2D eigenvalue weighted by Crippen LogP contribution is -2.00. The van der Waals surface area contributed by atoms with Gasteiger partial charge >= 0.3 is 0 Å². The molecule has 0 amide bonds. The molecule has 2 heterocycles. The lowest BCUT2D eigenvalue weighted by molar-refractivity contribution is 0.723. The van der Waals surface area contributed by atoms with E-state index in [-0.39, 0.29) is 0 Å². The first-order chi connectivity index (χ1) is 9.29. The van der Waals surface area contributed by atoms with Crippen LogP contribution in [0.15, 0.2) is 36.0 Å². The number of hydrogen-bond acceptors (Lipinski definition) is 3. The van der Waals surface area contributed by atoms with Gasteiger partial charge in [-0.15, -0.1) is 11.3 Å². The van der Waals surface area contributed by atoms with E-state index in [1.54, 1.807) is 11.3 Å². The van der Waals surface area contributed by atoms with E-state index in [1.165, 1.54) is 21.3 Å². The van der Waals surface area contributed by atoms with Crippen molar-refractivity contribution in [2.24, 2.45) is 5.73 Å². The summed E-state index contributed by atoms with van der Waals surface area (Å²) >= 11 is 1.74. The zero-order valence-electron chi connectivity index (χ0n) is 11.0. The van der Waals surface area contributed by atoms with Crippen LogP contribution in [0.25, 0.3) is 10.9 Å². The number of nitrogens with two attached hydrogens (primary N) is 1. The smallest absolute Gasteiger partial charge is 0.0797 e. The average molecular weight is 271 g/mol. The van der Waals surface area contributed by atoms with Crippen molar-refractivity contribution in [3.63, 3.8) is 0 Å². The van der Waals surface area contributed by atoms with E-state index in [0.29, 0.717) is 6.54 Å². The van der Waals surface area contributed by atoms with Gasteiger partial charge in [-0.05, 0) is 18.6 Å². The number of aromatic nitrogens is 2. The van der Waals surface area contributed by atoms with Crippen LogP contribution in [0.3, 0.4) is 0 Å². The molecule has 0 aliphatic heterocycles. The number of hydrogen-bond donors (Lipinski definition) is 1. The summed E-state index contributed by atoms with van der Waals surface area (Å²) in [6, 6.07) is 8.45. The summed E-state index contributed by atoms with van der Waals surface area (Å²) in [7, 11) is 0. The maximum Gasteiger partial charge on any atom is 0.0797 e. The quantitative estimate of drug-likeness (QED) is 0.792. The third-order valence-electron chi connectivity index (χ3n) is 3.52. The van der Waals surface area contributed by atoms with Gasteiger partial charge in [-0.25, -0.2) is 4.98 Å². The summed E-state index contributed by atoms with van der Waals surface area (Å²) in [4.78, 5) is 5.67. The fourth-order valence-electron chi connectivity index (χ4n) is 2.46. The summed E-state index contributed by atoms with van der Waals surface area (Å²) in [5.41, 5.74) is 11.4. The van der Waals surface area contributed by atoms with Crippen LogP contribution in [-0.4, -0.2) is 9.55 Å². The van der Waals surface area contributed by atoms with E-state index in [9.17, 15) is 0 Å². The molecule has 0 unspecified atom stereocenters. The molecule has 0 bridgehead atoms. The number of nitrogens with zero attached hydrogens (tertiary/aromatic N) is 2. The largest absolute Gasteiger partial charge is 0.347 e. The molecule has 98 valence electrons. The highest BCUT2D eigenvalue weighted by Gasteiger charge is 2.08. The number of benzene rings is 1. The summed E-state index contributed by atoms with van der Waals surface area (Å²) < 4.78 is 2.30. The summed E-state index contributed by atoms with van der Waals surface area (Å²) in [5.74, 6) is 0. The van der Waals surface area contributed by atoms with Crippen molar-refractivity contribution in [2.75, 3.05) is 0 Å². The Hall–Kier alpha value is -1.65. The van der Waals surface area contributed by atoms with Crippen LogP contribution in [0.5, 0.6) is 0 Å². The van der Waals surface area contributed by atoms with Crippen LogP contribution in [-0.2, 0) is 19.5 Å². The van der Waals surface area contributed by atoms with Crippen LogP contribution < -0.4 is 5.73 Å². The van der Waals surface area contributed by atoms with Crippen LogP contribution in [0, 0.1) is 6.92 Å². The Kier molecular flexibility index (Phi) is 3.36. The Morgan fingerprint density at radius 2 is 2.16 bits per heavy atom. The maximum absolute atomic E-state index is 5.82. The molecule has 0 atom stereocenters. The monoisotopic (exact) mass is 271 g/mol. The molecular weight excluding hydrogens is 254 g/mol. The van der Waals surface area contributed by atoms with Crippen LogP contribution in [0.2, 0.25) is 0 Å². The molecular formula is C15H17N3S. The summed E-state index contributed by atoms with van der Waals surface area (Å²) in [6.45, 7) is 3.64. The second-order valence-corrected chi connectivity index (χ2v) is 5.62. The number of aryl methyl sites for hydroxylation is 3. The Morgan fingerprint density at radius 1 is 1.32 bits per heavy atom. The van der Waals surface area contributed by atoms with E-state index >= 15 is 0 Å². The van der Waals surface area contributed by atoms with Gasteiger partial charge in [0.15, 0.2) is 0 Å². The van der Waals surface area contributed by atoms with Gasteiger partial charge in [0.1, 0.15) is 0 Å². The van der Waals surface area contributed by atoms with E-state index in [1.807, 2.05) is 5.51 Å². The molecule has 3 rings (SSSR count). The predicted octanol–water partition coefficient (Wildman–Crippen LogP) is 3.11. The Morgan fingerprint density at radius 3 is 2.89 bits per heavy atom. The van der Waals surface area contributed by atoms with Crippen molar-refractivity contribution in [3.05, 3.63) is 52.1 Å². The molecule has 0 radical (unpaired) electrons. The van der Waals surface area contributed by atoms with Gasteiger partial charge in [0.2, 0.25) is 0 Å². The molecule has 0 fully saturated rings. The fourth-order valence-corrected chi connectivity index (χ4v) is 3.23. The highest BCUT2D eigenvalue weighted by atomic mass is 32.1. The molecule has 0 aliphatic rings. The number of rotatable bonds is 4. The minimum Gasteiger partial charge on any atom is -0.347 e. The molecule has 1 aromatic carbocycles. The first-order valence-electron chi connectivity index (χ1n) is 6.45. The van der Waals surface area contributed by atoms with Crippen molar-refractivity contribution in [3.8, 4) is 0 Å². The van der Waals surface area contributed by atoms with E-state index in [2.05, 4.69) is 46.9 Å². The number of thiazole rings is 1. The van der Waals surface area contributed by atoms with Gasteiger partial charge in [0, 0.05) is 41.5 Å². The van der Waals surface area contributed by atoms with Crippen molar-refractivity contribution >= 4 is 22.2 Å². The second-order valence-electron chi connectivity index (χ2n) is 4.68. The van der Waals surface area contributed by atoms with Crippen molar-refractivity contribution in [1.82, 2.24) is 9.55 Å². The first kappa shape index (κ1) is 12.4. The van der Waals surface area contributed by atoms with Crippen LogP contribution in [0.1, 0.15) is 16.1 Å². The van der Waals surface area contributed by atoms with Crippen molar-refractivity contribution < 1.29 is 0 Å². The Labute approximate surface area is 116 Å². The normalized spacial score (nSPS) is 11.3. The molecule has 0 spiro atoms. The molecule has 2 aromatic heterocycles. The Balaban J connectivity index is 1.91. The van der Waals surface area contributed by atoms with Crippen molar-refractivity contribution in [1.29, 1.82) is 0 Å². The second kappa shape index (κ2) is 5.15. The average Bonchev–Trinajstić information content (AvgIpc) is 3.00. The topological polar surface area (TPSA) is 43.8 Å². The molecule has 2 N–H and O–H groups in total. The third-order valence-corrected chi connectivity index (χ3v) is 4.51. The van der Waals surface area contributed by atoms with Gasteiger partial charge in [0.25, 0.3) is 0 Å². The molecule has 19 heavy (non-hydrogen) atoms. The zero-order valence-corrected chi connectivity index (χ0v) is 11.8. The number of fused-ring (bicyclic) bond motifs is 1. The van der Waals surface area contributed by atoms with Crippen LogP contribution >= 0.6 is 11.3 Å². The van der Waals surface area contributed by atoms with Gasteiger partial charge in [-0.2, -0.15) is 0 Å². The van der Waals surface area contributed by atoms with E-state index in [4.69, 9.17) is 5.73 Å². The third kappa shape index (κ3) is 2.29. The van der Waals surface area contributed by atoms with Gasteiger partial charge < -0.3 is 10.3 Å². The minimum absolute atomic E-state index is 0.590. The molecule has 3 nitrogen and oxygen atoms in total. The maximum atomic E-state index is 5.82. The first-order valence-corrected chi connectivity index (χ1v) is 7.33. The summed E-state index contributed by atoms with van der Waals surface area (Å²) in [6.07, 6.45) is 3.21. The van der Waals surface area contributed by atoms with Gasteiger partial charge in [-0.1, -0.05) is 18.2 Å². The fraction of sp³-hybridized carbons (Fsp3) is 0.267. The molecule has 3 aromatic rings. The lowest BCUT2D eigenvalue weighted by Gasteiger charge is -2.04. The standard InChI is InChI=1S/C15H17N3S/c1-11-15(19-10-17-11)6-7-18-9-12(8-16)13-4-2-3-5-14(13)18/h2-5,9-10H,6-8,16H2,1H3. The predicted molar refractivity (Wildman–Crippen MR) is 80.4 cm³/mol.